The minimum atomic E-state index is -0.111. The number of carbonyl (C=O) groups is 2. The number of nitrogens with zero attached hydrogens (tertiary/aromatic N) is 3. The standard InChI is InChI=1S/C30H30N4O2/c1-31-29(35)25-13-14-26-27(17-25)34(19-20-15-16-33(18-20)30(36)24-11-12-24)28(32-26)23-9-7-22(8-10-23)21-5-3-2-4-6-21/h2-10,13-14,17,20,24H,11-12,15-16,18-19H2,1H3,(H,31,35)/t20-/m0/s1. The molecule has 1 saturated heterocycles. The van der Waals surface area contributed by atoms with E-state index in [0.717, 1.165) is 66.9 Å². The number of likely N-dealkylation sites (tertiary alicyclic amines) is 1. The zero-order chi connectivity index (χ0) is 24.6. The predicted molar refractivity (Wildman–Crippen MR) is 141 cm³/mol. The quantitative estimate of drug-likeness (QED) is 0.425. The van der Waals surface area contributed by atoms with Gasteiger partial charge in [-0.15, -0.1) is 0 Å². The molecule has 0 unspecified atom stereocenters. The largest absolute Gasteiger partial charge is 0.355 e. The monoisotopic (exact) mass is 478 g/mol. The average Bonchev–Trinajstić information content (AvgIpc) is 3.58. The summed E-state index contributed by atoms with van der Waals surface area (Å²) in [6.45, 7) is 2.38. The highest BCUT2D eigenvalue weighted by molar-refractivity contribution is 5.97. The van der Waals surface area contributed by atoms with Crippen molar-refractivity contribution in [2.45, 2.75) is 25.8 Å². The Kier molecular flexibility index (Phi) is 5.80. The highest BCUT2D eigenvalue weighted by Crippen LogP contribution is 2.34. The van der Waals surface area contributed by atoms with Crippen LogP contribution >= 0.6 is 0 Å². The summed E-state index contributed by atoms with van der Waals surface area (Å²) in [5.41, 5.74) is 5.82. The maximum absolute atomic E-state index is 12.6. The van der Waals surface area contributed by atoms with E-state index in [9.17, 15) is 9.59 Å². The molecule has 182 valence electrons. The molecule has 2 heterocycles. The van der Waals surface area contributed by atoms with E-state index in [1.165, 1.54) is 5.56 Å². The lowest BCUT2D eigenvalue weighted by atomic mass is 10.0. The van der Waals surface area contributed by atoms with E-state index < -0.39 is 0 Å². The normalized spacial score (nSPS) is 17.5. The van der Waals surface area contributed by atoms with Crippen LogP contribution in [0, 0.1) is 11.8 Å². The number of fused-ring (bicyclic) bond motifs is 1. The summed E-state index contributed by atoms with van der Waals surface area (Å²) in [5, 5.41) is 2.72. The molecule has 1 aliphatic heterocycles. The van der Waals surface area contributed by atoms with Gasteiger partial charge in [-0.25, -0.2) is 4.98 Å². The number of rotatable bonds is 6. The topological polar surface area (TPSA) is 67.2 Å². The molecule has 6 rings (SSSR count). The van der Waals surface area contributed by atoms with Crippen molar-refractivity contribution in [3.8, 4) is 22.5 Å². The Morgan fingerprint density at radius 1 is 0.917 bits per heavy atom. The fourth-order valence-electron chi connectivity index (χ4n) is 5.28. The first-order chi connectivity index (χ1) is 17.6. The van der Waals surface area contributed by atoms with Crippen molar-refractivity contribution in [1.82, 2.24) is 19.8 Å². The highest BCUT2D eigenvalue weighted by Gasteiger charge is 2.36. The van der Waals surface area contributed by atoms with Crippen LogP contribution in [-0.2, 0) is 11.3 Å². The van der Waals surface area contributed by atoms with Crippen LogP contribution in [0.25, 0.3) is 33.5 Å². The van der Waals surface area contributed by atoms with E-state index >= 15 is 0 Å². The van der Waals surface area contributed by atoms with E-state index in [-0.39, 0.29) is 11.8 Å². The lowest BCUT2D eigenvalue weighted by molar-refractivity contribution is -0.131. The third-order valence-electron chi connectivity index (χ3n) is 7.45. The van der Waals surface area contributed by atoms with Gasteiger partial charge in [0, 0.05) is 43.7 Å². The summed E-state index contributed by atoms with van der Waals surface area (Å²) in [7, 11) is 1.65. The van der Waals surface area contributed by atoms with Gasteiger partial charge in [0.05, 0.1) is 11.0 Å². The first-order valence-electron chi connectivity index (χ1n) is 12.8. The Labute approximate surface area is 211 Å². The second-order valence-electron chi connectivity index (χ2n) is 9.99. The van der Waals surface area contributed by atoms with Crippen molar-refractivity contribution >= 4 is 22.8 Å². The van der Waals surface area contributed by atoms with E-state index in [0.29, 0.717) is 17.4 Å². The highest BCUT2D eigenvalue weighted by atomic mass is 16.2. The lowest BCUT2D eigenvalue weighted by Crippen LogP contribution is -2.30. The molecule has 1 saturated carbocycles. The smallest absolute Gasteiger partial charge is 0.251 e. The molecule has 2 aliphatic rings. The Morgan fingerprint density at radius 2 is 1.64 bits per heavy atom. The second-order valence-corrected chi connectivity index (χ2v) is 9.99. The summed E-state index contributed by atoms with van der Waals surface area (Å²) >= 11 is 0. The van der Waals surface area contributed by atoms with Gasteiger partial charge in [0.2, 0.25) is 5.91 Å². The number of benzene rings is 3. The van der Waals surface area contributed by atoms with Gasteiger partial charge in [-0.2, -0.15) is 0 Å². The van der Waals surface area contributed by atoms with Crippen molar-refractivity contribution in [2.75, 3.05) is 20.1 Å². The van der Waals surface area contributed by atoms with Crippen LogP contribution in [0.4, 0.5) is 0 Å². The number of carbonyl (C=O) groups excluding carboxylic acids is 2. The molecule has 6 nitrogen and oxygen atoms in total. The maximum Gasteiger partial charge on any atom is 0.251 e. The third kappa shape index (κ3) is 4.28. The first-order valence-corrected chi connectivity index (χ1v) is 12.8. The Balaban J connectivity index is 1.36. The second kappa shape index (κ2) is 9.26. The molecule has 3 aromatic carbocycles. The van der Waals surface area contributed by atoms with E-state index in [1.54, 1.807) is 7.05 Å². The van der Waals surface area contributed by atoms with E-state index in [1.807, 2.05) is 41.3 Å². The average molecular weight is 479 g/mol. The van der Waals surface area contributed by atoms with Gasteiger partial charge in [-0.1, -0.05) is 54.6 Å². The summed E-state index contributed by atoms with van der Waals surface area (Å²) < 4.78 is 2.25. The summed E-state index contributed by atoms with van der Waals surface area (Å²) in [5.74, 6) is 1.72. The zero-order valence-electron chi connectivity index (χ0n) is 20.5. The SMILES string of the molecule is CNC(=O)c1ccc2nc(-c3ccc(-c4ccccc4)cc3)n(C[C@H]3CCN(C(=O)C4CC4)C3)c2c1. The van der Waals surface area contributed by atoms with Gasteiger partial charge in [0.1, 0.15) is 5.82 Å². The molecule has 6 heteroatoms. The van der Waals surface area contributed by atoms with Gasteiger partial charge >= 0.3 is 0 Å². The Morgan fingerprint density at radius 3 is 2.36 bits per heavy atom. The van der Waals surface area contributed by atoms with Crippen molar-refractivity contribution in [1.29, 1.82) is 0 Å². The number of hydrogen-bond acceptors (Lipinski definition) is 3. The van der Waals surface area contributed by atoms with Crippen molar-refractivity contribution in [3.05, 3.63) is 78.4 Å². The molecular formula is C30H30N4O2. The number of imidazole rings is 1. The number of hydrogen-bond donors (Lipinski definition) is 1. The fourth-order valence-corrected chi connectivity index (χ4v) is 5.28. The third-order valence-corrected chi connectivity index (χ3v) is 7.45. The summed E-state index contributed by atoms with van der Waals surface area (Å²) in [6, 6.07) is 24.5. The van der Waals surface area contributed by atoms with Crippen LogP contribution in [0.3, 0.4) is 0 Å². The fraction of sp³-hybridized carbons (Fsp3) is 0.300. The van der Waals surface area contributed by atoms with Crippen LogP contribution in [0.15, 0.2) is 72.8 Å². The van der Waals surface area contributed by atoms with Gasteiger partial charge < -0.3 is 14.8 Å². The molecule has 4 aromatic rings. The first kappa shape index (κ1) is 22.5. The van der Waals surface area contributed by atoms with Crippen LogP contribution < -0.4 is 5.32 Å². The molecule has 1 atom stereocenters. The van der Waals surface area contributed by atoms with Crippen molar-refractivity contribution in [3.63, 3.8) is 0 Å². The molecule has 1 N–H and O–H groups in total. The van der Waals surface area contributed by atoms with Gasteiger partial charge in [0.15, 0.2) is 0 Å². The summed E-state index contributed by atoms with van der Waals surface area (Å²) in [4.78, 5) is 32.0. The van der Waals surface area contributed by atoms with Gasteiger partial charge in [0.25, 0.3) is 5.91 Å². The van der Waals surface area contributed by atoms with Crippen molar-refractivity contribution < 1.29 is 9.59 Å². The zero-order valence-corrected chi connectivity index (χ0v) is 20.5. The molecule has 36 heavy (non-hydrogen) atoms. The summed E-state index contributed by atoms with van der Waals surface area (Å²) in [6.07, 6.45) is 3.06. The minimum Gasteiger partial charge on any atom is -0.355 e. The molecule has 0 radical (unpaired) electrons. The molecule has 1 aliphatic carbocycles. The Bertz CT molecular complexity index is 1420. The predicted octanol–water partition coefficient (Wildman–Crippen LogP) is 4.99. The molecule has 1 aromatic heterocycles. The molecule has 0 spiro atoms. The van der Waals surface area contributed by atoms with Crippen LogP contribution in [0.2, 0.25) is 0 Å². The minimum absolute atomic E-state index is 0.111. The van der Waals surface area contributed by atoms with Gasteiger partial charge in [-0.05, 0) is 54.5 Å². The van der Waals surface area contributed by atoms with E-state index in [2.05, 4.69) is 46.3 Å². The van der Waals surface area contributed by atoms with Crippen LogP contribution in [0.5, 0.6) is 0 Å². The number of amides is 2. The van der Waals surface area contributed by atoms with Crippen LogP contribution in [0.1, 0.15) is 29.6 Å². The Hall–Kier alpha value is -3.93. The maximum atomic E-state index is 12.6. The number of nitrogens with one attached hydrogen (secondary N) is 1. The lowest BCUT2D eigenvalue weighted by Gasteiger charge is -2.18. The van der Waals surface area contributed by atoms with Crippen LogP contribution in [-0.4, -0.2) is 46.4 Å². The molecule has 0 bridgehead atoms. The van der Waals surface area contributed by atoms with E-state index in [4.69, 9.17) is 4.98 Å². The van der Waals surface area contributed by atoms with Gasteiger partial charge in [-0.3, -0.25) is 9.59 Å². The molecule has 2 amide bonds. The number of aromatic nitrogens is 2. The molecule has 2 fully saturated rings. The van der Waals surface area contributed by atoms with Crippen molar-refractivity contribution in [2.24, 2.45) is 11.8 Å². The molecular weight excluding hydrogens is 448 g/mol.